The maximum absolute atomic E-state index is 5.12. The predicted octanol–water partition coefficient (Wildman–Crippen LogP) is 10.4. The summed E-state index contributed by atoms with van der Waals surface area (Å²) in [6.07, 6.45) is 0. The molecule has 0 N–H and O–H groups in total. The Labute approximate surface area is 267 Å². The third kappa shape index (κ3) is 5.44. The Kier molecular flexibility index (Phi) is 7.14. The molecule has 2 aromatic heterocycles. The molecule has 0 unspecified atom stereocenters. The number of nitrogens with zero attached hydrogens (tertiary/aromatic N) is 4. The maximum atomic E-state index is 5.12. The van der Waals surface area contributed by atoms with Gasteiger partial charge in [0, 0.05) is 33.2 Å². The van der Waals surface area contributed by atoms with Crippen molar-refractivity contribution in [2.24, 2.45) is 0 Å². The fraction of sp³-hybridized carbons (Fsp3) is 0. The molecule has 0 radical (unpaired) electrons. The van der Waals surface area contributed by atoms with Gasteiger partial charge in [-0.05, 0) is 23.3 Å². The van der Waals surface area contributed by atoms with E-state index in [1.54, 1.807) is 0 Å². The van der Waals surface area contributed by atoms with Crippen molar-refractivity contribution in [3.63, 3.8) is 0 Å². The van der Waals surface area contributed by atoms with E-state index < -0.39 is 0 Å². The van der Waals surface area contributed by atoms with E-state index in [0.29, 0.717) is 11.6 Å². The topological polar surface area (TPSA) is 51.6 Å². The van der Waals surface area contributed by atoms with Crippen molar-refractivity contribution in [2.75, 3.05) is 0 Å². The zero-order chi connectivity index (χ0) is 30.7. The van der Waals surface area contributed by atoms with Gasteiger partial charge in [-0.1, -0.05) is 158 Å². The van der Waals surface area contributed by atoms with Crippen molar-refractivity contribution in [1.29, 1.82) is 0 Å². The van der Waals surface area contributed by atoms with Crippen LogP contribution in [-0.4, -0.2) is 19.9 Å². The van der Waals surface area contributed by atoms with E-state index >= 15 is 0 Å². The predicted molar refractivity (Wildman–Crippen MR) is 188 cm³/mol. The highest BCUT2D eigenvalue weighted by Gasteiger charge is 2.14. The van der Waals surface area contributed by atoms with Crippen LogP contribution < -0.4 is 0 Å². The molecule has 4 nitrogen and oxygen atoms in total. The molecule has 0 fully saturated rings. The quantitative estimate of drug-likeness (QED) is 0.194. The molecule has 0 saturated carbocycles. The van der Waals surface area contributed by atoms with Crippen LogP contribution in [0.2, 0.25) is 0 Å². The average molecular weight is 589 g/mol. The van der Waals surface area contributed by atoms with E-state index in [4.69, 9.17) is 19.9 Å². The zero-order valence-electron chi connectivity index (χ0n) is 25.0. The van der Waals surface area contributed by atoms with Crippen molar-refractivity contribution in [2.45, 2.75) is 0 Å². The van der Waals surface area contributed by atoms with E-state index in [-0.39, 0.29) is 0 Å². The monoisotopic (exact) mass is 588 g/mol. The molecule has 216 valence electrons. The number of aromatic nitrogens is 4. The van der Waals surface area contributed by atoms with Gasteiger partial charge >= 0.3 is 0 Å². The van der Waals surface area contributed by atoms with E-state index in [0.717, 1.165) is 55.8 Å². The minimum Gasteiger partial charge on any atom is -0.228 e. The molecule has 4 heteroatoms. The fourth-order valence-electron chi connectivity index (χ4n) is 5.74. The third-order valence-electron chi connectivity index (χ3n) is 8.14. The summed E-state index contributed by atoms with van der Waals surface area (Å²) in [7, 11) is 0. The second kappa shape index (κ2) is 12.0. The lowest BCUT2D eigenvalue weighted by Crippen LogP contribution is -1.97. The Bertz CT molecular complexity index is 2210. The van der Waals surface area contributed by atoms with E-state index in [2.05, 4.69) is 97.1 Å². The second-order valence-electron chi connectivity index (χ2n) is 11.1. The van der Waals surface area contributed by atoms with Crippen LogP contribution in [0, 0.1) is 0 Å². The largest absolute Gasteiger partial charge is 0.228 e. The van der Waals surface area contributed by atoms with Gasteiger partial charge in [0.25, 0.3) is 0 Å². The summed E-state index contributed by atoms with van der Waals surface area (Å²) >= 11 is 0. The number of hydrogen-bond acceptors (Lipinski definition) is 4. The molecule has 0 aliphatic heterocycles. The Morgan fingerprint density at radius 2 is 0.696 bits per heavy atom. The van der Waals surface area contributed by atoms with Crippen LogP contribution in [0.5, 0.6) is 0 Å². The molecule has 8 aromatic rings. The van der Waals surface area contributed by atoms with Gasteiger partial charge in [0.15, 0.2) is 11.6 Å². The lowest BCUT2D eigenvalue weighted by atomic mass is 10.0. The molecule has 0 saturated heterocycles. The van der Waals surface area contributed by atoms with Crippen molar-refractivity contribution in [3.8, 4) is 67.7 Å². The zero-order valence-corrected chi connectivity index (χ0v) is 25.0. The summed E-state index contributed by atoms with van der Waals surface area (Å²) in [4.78, 5) is 20.0. The Morgan fingerprint density at radius 1 is 0.283 bits per heavy atom. The first-order valence-electron chi connectivity index (χ1n) is 15.3. The number of fused-ring (bicyclic) bond motifs is 1. The molecule has 0 aliphatic carbocycles. The van der Waals surface area contributed by atoms with Crippen molar-refractivity contribution in [3.05, 3.63) is 170 Å². The Morgan fingerprint density at radius 3 is 1.35 bits per heavy atom. The summed E-state index contributed by atoms with van der Waals surface area (Å²) in [6.45, 7) is 0. The molecule has 0 bridgehead atoms. The molecule has 2 heterocycles. The molecule has 8 rings (SSSR count). The van der Waals surface area contributed by atoms with Crippen LogP contribution in [0.4, 0.5) is 0 Å². The number of hydrogen-bond donors (Lipinski definition) is 0. The van der Waals surface area contributed by atoms with Crippen LogP contribution >= 0.6 is 0 Å². The SMILES string of the molecule is c1ccc(-c2ccc(-c3nc(-c4ccc(-c5cc(-c6ccccc6)nc(-c6ccccc6)n5)cc4)nc4ccccc34)cc2)cc1. The molecule has 6 aromatic carbocycles. The van der Waals surface area contributed by atoms with Gasteiger partial charge in [0.1, 0.15) is 0 Å². The molecule has 0 amide bonds. The first kappa shape index (κ1) is 27.3. The summed E-state index contributed by atoms with van der Waals surface area (Å²) in [5.41, 5.74) is 11.0. The van der Waals surface area contributed by atoms with Crippen molar-refractivity contribution < 1.29 is 0 Å². The Hall–Kier alpha value is -6.26. The van der Waals surface area contributed by atoms with E-state index in [1.807, 2.05) is 72.8 Å². The number of rotatable bonds is 6. The maximum Gasteiger partial charge on any atom is 0.160 e. The molecule has 0 aliphatic rings. The lowest BCUT2D eigenvalue weighted by molar-refractivity contribution is 1.18. The highest BCUT2D eigenvalue weighted by atomic mass is 14.9. The standard InChI is InChI=1S/C42H28N4/c1-4-12-29(13-5-1)30-20-24-33(25-21-30)40-36-18-10-11-19-37(36)43-42(46-40)35-26-22-32(23-27-35)39-28-38(31-14-6-2-7-15-31)44-41(45-39)34-16-8-3-9-17-34/h1-28H. The number of para-hydroxylation sites is 1. The van der Waals surface area contributed by atoms with E-state index in [9.17, 15) is 0 Å². The average Bonchev–Trinajstić information content (AvgIpc) is 3.15. The van der Waals surface area contributed by atoms with Crippen LogP contribution in [0.3, 0.4) is 0 Å². The molecular weight excluding hydrogens is 560 g/mol. The van der Waals surface area contributed by atoms with Crippen LogP contribution in [0.15, 0.2) is 170 Å². The van der Waals surface area contributed by atoms with Crippen LogP contribution in [0.1, 0.15) is 0 Å². The summed E-state index contributed by atoms with van der Waals surface area (Å²) in [5.74, 6) is 1.38. The van der Waals surface area contributed by atoms with Gasteiger partial charge in [-0.15, -0.1) is 0 Å². The van der Waals surface area contributed by atoms with Gasteiger partial charge in [0.2, 0.25) is 0 Å². The second-order valence-corrected chi connectivity index (χ2v) is 11.1. The summed E-state index contributed by atoms with van der Waals surface area (Å²) < 4.78 is 0. The Balaban J connectivity index is 1.18. The third-order valence-corrected chi connectivity index (χ3v) is 8.14. The van der Waals surface area contributed by atoms with Gasteiger partial charge < -0.3 is 0 Å². The summed E-state index contributed by atoms with van der Waals surface area (Å²) in [6, 6.07) is 58.0. The molecular formula is C42H28N4. The first-order chi connectivity index (χ1) is 22.8. The molecule has 46 heavy (non-hydrogen) atoms. The minimum atomic E-state index is 0.685. The van der Waals surface area contributed by atoms with Gasteiger partial charge in [-0.25, -0.2) is 19.9 Å². The smallest absolute Gasteiger partial charge is 0.160 e. The van der Waals surface area contributed by atoms with Crippen molar-refractivity contribution >= 4 is 10.9 Å². The highest BCUT2D eigenvalue weighted by Crippen LogP contribution is 2.32. The van der Waals surface area contributed by atoms with Gasteiger partial charge in [-0.3, -0.25) is 0 Å². The van der Waals surface area contributed by atoms with Crippen LogP contribution in [-0.2, 0) is 0 Å². The van der Waals surface area contributed by atoms with Crippen molar-refractivity contribution in [1.82, 2.24) is 19.9 Å². The minimum absolute atomic E-state index is 0.685. The van der Waals surface area contributed by atoms with Crippen LogP contribution in [0.25, 0.3) is 78.6 Å². The van der Waals surface area contributed by atoms with Gasteiger partial charge in [-0.2, -0.15) is 0 Å². The normalized spacial score (nSPS) is 11.0. The summed E-state index contributed by atoms with van der Waals surface area (Å²) in [5, 5.41) is 1.03. The lowest BCUT2D eigenvalue weighted by Gasteiger charge is -2.11. The van der Waals surface area contributed by atoms with E-state index in [1.165, 1.54) is 11.1 Å². The fourth-order valence-corrected chi connectivity index (χ4v) is 5.74. The highest BCUT2D eigenvalue weighted by molar-refractivity contribution is 5.94. The first-order valence-corrected chi connectivity index (χ1v) is 15.3. The molecule has 0 spiro atoms. The molecule has 0 atom stereocenters. The van der Waals surface area contributed by atoms with Gasteiger partial charge in [0.05, 0.1) is 22.6 Å². The number of benzene rings is 6.